The van der Waals surface area contributed by atoms with Crippen LogP contribution < -0.4 is 0 Å². The highest BCUT2D eigenvalue weighted by Crippen LogP contribution is 2.29. The molecule has 1 fully saturated rings. The standard InChI is InChI=1S/C21H29N5O4S2/c1-4-26-18-7-6-16(32(27,28)25-9-11-29-12-10-25)13-17(18)22-21(26)31-14-20-23-19(24-30-20)8-5-15(2)3/h6-7,13,15H,4-5,8-12,14H2,1-3H3. The first kappa shape index (κ1) is 23.2. The molecule has 174 valence electrons. The number of ether oxygens (including phenoxy) is 1. The number of thioether (sulfide) groups is 1. The van der Waals surface area contributed by atoms with E-state index in [1.54, 1.807) is 12.1 Å². The number of nitrogens with zero attached hydrogens (tertiary/aromatic N) is 5. The zero-order chi connectivity index (χ0) is 22.7. The van der Waals surface area contributed by atoms with Crippen LogP contribution in [-0.2, 0) is 33.5 Å². The van der Waals surface area contributed by atoms with Crippen molar-refractivity contribution in [2.45, 2.75) is 56.0 Å². The van der Waals surface area contributed by atoms with Crippen molar-refractivity contribution in [3.8, 4) is 0 Å². The van der Waals surface area contributed by atoms with Gasteiger partial charge in [-0.25, -0.2) is 13.4 Å². The van der Waals surface area contributed by atoms with Crippen LogP contribution in [0, 0.1) is 5.92 Å². The average molecular weight is 480 g/mol. The summed E-state index contributed by atoms with van der Waals surface area (Å²) < 4.78 is 40.2. The molecule has 2 aromatic heterocycles. The molecular formula is C21H29N5O4S2. The Kier molecular flexibility index (Phi) is 7.18. The first-order valence-electron chi connectivity index (χ1n) is 10.9. The molecular weight excluding hydrogens is 450 g/mol. The van der Waals surface area contributed by atoms with Gasteiger partial charge in [0.05, 0.1) is 34.9 Å². The maximum absolute atomic E-state index is 13.0. The minimum atomic E-state index is -3.56. The molecule has 9 nitrogen and oxygen atoms in total. The predicted octanol–water partition coefficient (Wildman–Crippen LogP) is 3.34. The number of hydrogen-bond donors (Lipinski definition) is 0. The van der Waals surface area contributed by atoms with E-state index in [4.69, 9.17) is 14.2 Å². The Bertz CT molecular complexity index is 1170. The van der Waals surface area contributed by atoms with E-state index >= 15 is 0 Å². The number of morpholine rings is 1. The average Bonchev–Trinajstić information content (AvgIpc) is 3.40. The molecule has 1 aromatic carbocycles. The Balaban J connectivity index is 1.52. The summed E-state index contributed by atoms with van der Waals surface area (Å²) in [5.74, 6) is 2.40. The predicted molar refractivity (Wildman–Crippen MR) is 122 cm³/mol. The normalized spacial score (nSPS) is 15.8. The summed E-state index contributed by atoms with van der Waals surface area (Å²) in [4.78, 5) is 9.45. The van der Waals surface area contributed by atoms with Crippen LogP contribution in [0.25, 0.3) is 11.0 Å². The highest BCUT2D eigenvalue weighted by molar-refractivity contribution is 7.98. The first-order chi connectivity index (χ1) is 15.4. The zero-order valence-corrected chi connectivity index (χ0v) is 20.3. The van der Waals surface area contributed by atoms with Gasteiger partial charge >= 0.3 is 0 Å². The molecule has 0 saturated carbocycles. The monoisotopic (exact) mass is 479 g/mol. The van der Waals surface area contributed by atoms with E-state index in [1.165, 1.54) is 16.1 Å². The van der Waals surface area contributed by atoms with Gasteiger partial charge in [0, 0.05) is 26.1 Å². The second-order valence-corrected chi connectivity index (χ2v) is 11.0. The van der Waals surface area contributed by atoms with Gasteiger partial charge in [-0.3, -0.25) is 0 Å². The maximum Gasteiger partial charge on any atom is 0.243 e. The lowest BCUT2D eigenvalue weighted by Crippen LogP contribution is -2.40. The van der Waals surface area contributed by atoms with Crippen molar-refractivity contribution >= 4 is 32.8 Å². The van der Waals surface area contributed by atoms with Crippen LogP contribution in [0.2, 0.25) is 0 Å². The van der Waals surface area contributed by atoms with Crippen LogP contribution in [-0.4, -0.2) is 58.7 Å². The van der Waals surface area contributed by atoms with Gasteiger partial charge in [0.2, 0.25) is 15.9 Å². The Morgan fingerprint density at radius 3 is 2.69 bits per heavy atom. The summed E-state index contributed by atoms with van der Waals surface area (Å²) in [6, 6.07) is 5.15. The van der Waals surface area contributed by atoms with Crippen molar-refractivity contribution in [1.29, 1.82) is 0 Å². The molecule has 0 atom stereocenters. The molecule has 1 aliphatic rings. The van der Waals surface area contributed by atoms with Crippen LogP contribution in [0.3, 0.4) is 0 Å². The van der Waals surface area contributed by atoms with E-state index in [-0.39, 0.29) is 4.90 Å². The summed E-state index contributed by atoms with van der Waals surface area (Å²) in [6.07, 6.45) is 1.83. The molecule has 0 amide bonds. The summed E-state index contributed by atoms with van der Waals surface area (Å²) in [7, 11) is -3.56. The van der Waals surface area contributed by atoms with Crippen LogP contribution in [0.15, 0.2) is 32.8 Å². The largest absolute Gasteiger partial charge is 0.379 e. The number of sulfonamides is 1. The zero-order valence-electron chi connectivity index (χ0n) is 18.7. The highest BCUT2D eigenvalue weighted by Gasteiger charge is 2.27. The fraction of sp³-hybridized carbons (Fsp3) is 0.571. The van der Waals surface area contributed by atoms with E-state index in [0.717, 1.165) is 35.9 Å². The third kappa shape index (κ3) is 5.00. The van der Waals surface area contributed by atoms with E-state index < -0.39 is 10.0 Å². The molecule has 0 radical (unpaired) electrons. The number of hydrogen-bond acceptors (Lipinski definition) is 8. The third-order valence-corrected chi connectivity index (χ3v) is 8.24. The second-order valence-electron chi connectivity index (χ2n) is 8.13. The fourth-order valence-electron chi connectivity index (χ4n) is 3.59. The number of rotatable bonds is 9. The van der Waals surface area contributed by atoms with Gasteiger partial charge in [-0.05, 0) is 37.5 Å². The molecule has 0 N–H and O–H groups in total. The van der Waals surface area contributed by atoms with E-state index in [1.807, 2.05) is 13.0 Å². The second kappa shape index (κ2) is 9.90. The Labute approximate surface area is 192 Å². The topological polar surface area (TPSA) is 103 Å². The van der Waals surface area contributed by atoms with Crippen molar-refractivity contribution < 1.29 is 17.7 Å². The Morgan fingerprint density at radius 1 is 1.19 bits per heavy atom. The fourth-order valence-corrected chi connectivity index (χ4v) is 5.94. The molecule has 1 saturated heterocycles. The van der Waals surface area contributed by atoms with Gasteiger partial charge in [-0.15, -0.1) is 0 Å². The highest BCUT2D eigenvalue weighted by atomic mass is 32.2. The van der Waals surface area contributed by atoms with E-state index in [9.17, 15) is 8.42 Å². The maximum atomic E-state index is 13.0. The molecule has 3 aromatic rings. The Hall–Kier alpha value is -1.95. The molecule has 0 aliphatic carbocycles. The van der Waals surface area contributed by atoms with Crippen LogP contribution in [0.4, 0.5) is 0 Å². The minimum absolute atomic E-state index is 0.260. The van der Waals surface area contributed by atoms with E-state index in [2.05, 4.69) is 28.6 Å². The van der Waals surface area contributed by atoms with Gasteiger partial charge in [-0.2, -0.15) is 9.29 Å². The molecule has 0 unspecified atom stereocenters. The molecule has 4 rings (SSSR count). The molecule has 11 heteroatoms. The number of aromatic nitrogens is 4. The number of fused-ring (bicyclic) bond motifs is 1. The molecule has 3 heterocycles. The third-order valence-electron chi connectivity index (χ3n) is 5.39. The van der Waals surface area contributed by atoms with Crippen molar-refractivity contribution in [3.05, 3.63) is 29.9 Å². The van der Waals surface area contributed by atoms with Gasteiger partial charge in [-0.1, -0.05) is 30.8 Å². The Morgan fingerprint density at radius 2 is 1.97 bits per heavy atom. The van der Waals surface area contributed by atoms with Crippen LogP contribution in [0.5, 0.6) is 0 Å². The lowest BCUT2D eigenvalue weighted by atomic mass is 10.1. The lowest BCUT2D eigenvalue weighted by Gasteiger charge is -2.26. The summed E-state index contributed by atoms with van der Waals surface area (Å²) in [5, 5.41) is 4.86. The van der Waals surface area contributed by atoms with Crippen molar-refractivity contribution in [2.75, 3.05) is 26.3 Å². The van der Waals surface area contributed by atoms with Gasteiger partial charge in [0.1, 0.15) is 0 Å². The SMILES string of the molecule is CCn1c(SCc2nc(CCC(C)C)no2)nc2cc(S(=O)(=O)N3CCOCC3)ccc21. The molecule has 0 spiro atoms. The van der Waals surface area contributed by atoms with Crippen LogP contribution in [0.1, 0.15) is 38.9 Å². The van der Waals surface area contributed by atoms with Crippen molar-refractivity contribution in [1.82, 2.24) is 24.0 Å². The summed E-state index contributed by atoms with van der Waals surface area (Å²) >= 11 is 1.51. The van der Waals surface area contributed by atoms with Gasteiger partial charge in [0.25, 0.3) is 0 Å². The first-order valence-corrected chi connectivity index (χ1v) is 13.3. The van der Waals surface area contributed by atoms with Crippen molar-refractivity contribution in [2.24, 2.45) is 5.92 Å². The smallest absolute Gasteiger partial charge is 0.243 e. The minimum Gasteiger partial charge on any atom is -0.379 e. The molecule has 0 bridgehead atoms. The lowest BCUT2D eigenvalue weighted by molar-refractivity contribution is 0.0730. The van der Waals surface area contributed by atoms with Crippen LogP contribution >= 0.6 is 11.8 Å². The van der Waals surface area contributed by atoms with Gasteiger partial charge in [0.15, 0.2) is 11.0 Å². The summed E-state index contributed by atoms with van der Waals surface area (Å²) in [6.45, 7) is 8.68. The van der Waals surface area contributed by atoms with Gasteiger partial charge < -0.3 is 13.8 Å². The number of imidazole rings is 1. The molecule has 1 aliphatic heterocycles. The number of aryl methyl sites for hydroxylation is 2. The van der Waals surface area contributed by atoms with E-state index in [0.29, 0.717) is 49.4 Å². The number of benzene rings is 1. The van der Waals surface area contributed by atoms with Crippen molar-refractivity contribution in [3.63, 3.8) is 0 Å². The summed E-state index contributed by atoms with van der Waals surface area (Å²) in [5.41, 5.74) is 1.56. The molecule has 32 heavy (non-hydrogen) atoms. The quantitative estimate of drug-likeness (QED) is 0.431.